The number of aryl methyl sites for hydroxylation is 1. The van der Waals surface area contributed by atoms with Gasteiger partial charge in [-0.25, -0.2) is 0 Å². The number of halogens is 2. The zero-order valence-corrected chi connectivity index (χ0v) is 15.5. The molecule has 0 aliphatic carbocycles. The summed E-state index contributed by atoms with van der Waals surface area (Å²) in [5, 5.41) is 6.40. The summed E-state index contributed by atoms with van der Waals surface area (Å²) >= 11 is 17.2. The first-order chi connectivity index (χ1) is 11.5. The summed E-state index contributed by atoms with van der Waals surface area (Å²) in [6, 6.07) is 10.7. The molecule has 0 atom stereocenters. The van der Waals surface area contributed by atoms with Crippen LogP contribution in [0.1, 0.15) is 22.8 Å². The highest BCUT2D eigenvalue weighted by atomic mass is 35.5. The smallest absolute Gasteiger partial charge is 0.261 e. The number of rotatable bonds is 4. The van der Waals surface area contributed by atoms with Crippen LogP contribution in [0.2, 0.25) is 10.0 Å². The van der Waals surface area contributed by atoms with E-state index in [-0.39, 0.29) is 21.4 Å². The van der Waals surface area contributed by atoms with Crippen LogP contribution in [0.3, 0.4) is 0 Å². The fraction of sp³-hybridized carbons (Fsp3) is 0.176. The van der Waals surface area contributed by atoms with Crippen molar-refractivity contribution < 1.29 is 9.53 Å². The van der Waals surface area contributed by atoms with Gasteiger partial charge in [0, 0.05) is 10.7 Å². The van der Waals surface area contributed by atoms with E-state index in [2.05, 4.69) is 10.6 Å². The van der Waals surface area contributed by atoms with Crippen LogP contribution in [-0.2, 0) is 6.42 Å². The molecule has 0 bridgehead atoms. The van der Waals surface area contributed by atoms with Gasteiger partial charge in [-0.3, -0.25) is 10.1 Å². The minimum atomic E-state index is -0.456. The molecule has 0 aromatic heterocycles. The molecule has 0 saturated heterocycles. The fourth-order valence-corrected chi connectivity index (χ4v) is 2.98. The van der Waals surface area contributed by atoms with Crippen LogP contribution in [-0.4, -0.2) is 18.1 Å². The van der Waals surface area contributed by atoms with Gasteiger partial charge in [0.05, 0.1) is 17.7 Å². The number of ether oxygens (including phenoxy) is 1. The topological polar surface area (TPSA) is 50.4 Å². The molecule has 126 valence electrons. The Morgan fingerprint density at radius 2 is 1.96 bits per heavy atom. The normalized spacial score (nSPS) is 10.2. The lowest BCUT2D eigenvalue weighted by molar-refractivity contribution is 0.0975. The summed E-state index contributed by atoms with van der Waals surface area (Å²) in [7, 11) is 1.43. The molecule has 2 N–H and O–H groups in total. The number of anilines is 1. The predicted molar refractivity (Wildman–Crippen MR) is 103 cm³/mol. The summed E-state index contributed by atoms with van der Waals surface area (Å²) in [5.74, 6) is -0.210. The van der Waals surface area contributed by atoms with E-state index >= 15 is 0 Å². The SMILES string of the molecule is CCc1ccccc1NC(=S)NC(=O)c1cc(Cl)cc(Cl)c1OC. The van der Waals surface area contributed by atoms with Gasteiger partial charge < -0.3 is 10.1 Å². The second-order valence-corrected chi connectivity index (χ2v) is 6.14. The lowest BCUT2D eigenvalue weighted by atomic mass is 10.1. The van der Waals surface area contributed by atoms with Crippen molar-refractivity contribution in [2.24, 2.45) is 0 Å². The van der Waals surface area contributed by atoms with Crippen molar-refractivity contribution in [3.63, 3.8) is 0 Å². The van der Waals surface area contributed by atoms with E-state index < -0.39 is 5.91 Å². The maximum Gasteiger partial charge on any atom is 0.261 e. The molecule has 2 aromatic carbocycles. The fourth-order valence-electron chi connectivity index (χ4n) is 2.21. The first kappa shape index (κ1) is 18.5. The number of methoxy groups -OCH3 is 1. The molecule has 2 aromatic rings. The lowest BCUT2D eigenvalue weighted by Crippen LogP contribution is -2.34. The zero-order valence-electron chi connectivity index (χ0n) is 13.2. The number of amides is 1. The molecular formula is C17H16Cl2N2O2S. The molecule has 0 unspecified atom stereocenters. The van der Waals surface area contributed by atoms with Gasteiger partial charge in [-0.2, -0.15) is 0 Å². The summed E-state index contributed by atoms with van der Waals surface area (Å²) in [6.45, 7) is 2.04. The van der Waals surface area contributed by atoms with Gasteiger partial charge in [-0.15, -0.1) is 0 Å². The number of hydrogen-bond donors (Lipinski definition) is 2. The third-order valence-corrected chi connectivity index (χ3v) is 4.03. The average Bonchev–Trinajstić information content (AvgIpc) is 2.54. The van der Waals surface area contributed by atoms with Crippen LogP contribution in [0.15, 0.2) is 36.4 Å². The van der Waals surface area contributed by atoms with Crippen LogP contribution >= 0.6 is 35.4 Å². The minimum absolute atomic E-state index is 0.180. The van der Waals surface area contributed by atoms with E-state index in [0.717, 1.165) is 17.7 Å². The van der Waals surface area contributed by atoms with Crippen LogP contribution < -0.4 is 15.4 Å². The summed E-state index contributed by atoms with van der Waals surface area (Å²) < 4.78 is 5.17. The van der Waals surface area contributed by atoms with E-state index in [1.165, 1.54) is 19.2 Å². The van der Waals surface area contributed by atoms with Gasteiger partial charge in [0.2, 0.25) is 0 Å². The maximum atomic E-state index is 12.4. The molecule has 24 heavy (non-hydrogen) atoms. The first-order valence-corrected chi connectivity index (χ1v) is 8.36. The minimum Gasteiger partial charge on any atom is -0.494 e. The number of para-hydroxylation sites is 1. The summed E-state index contributed by atoms with van der Waals surface area (Å²) in [5.41, 5.74) is 2.15. The quantitative estimate of drug-likeness (QED) is 0.752. The van der Waals surface area contributed by atoms with Crippen LogP contribution in [0.5, 0.6) is 5.75 Å². The molecule has 2 rings (SSSR count). The van der Waals surface area contributed by atoms with Gasteiger partial charge in [0.25, 0.3) is 5.91 Å². The highest BCUT2D eigenvalue weighted by molar-refractivity contribution is 7.80. The number of hydrogen-bond acceptors (Lipinski definition) is 3. The van der Waals surface area contributed by atoms with Gasteiger partial charge in [0.15, 0.2) is 5.11 Å². The van der Waals surface area contributed by atoms with Crippen molar-refractivity contribution in [3.05, 3.63) is 57.6 Å². The number of nitrogens with one attached hydrogen (secondary N) is 2. The Hall–Kier alpha value is -1.82. The second-order valence-electron chi connectivity index (χ2n) is 4.89. The van der Waals surface area contributed by atoms with Gasteiger partial charge in [-0.05, 0) is 42.4 Å². The van der Waals surface area contributed by atoms with Crippen LogP contribution in [0, 0.1) is 0 Å². The molecular weight excluding hydrogens is 367 g/mol. The number of benzene rings is 2. The number of thiocarbonyl (C=S) groups is 1. The molecule has 0 aliphatic heterocycles. The molecule has 0 spiro atoms. The molecule has 4 nitrogen and oxygen atoms in total. The average molecular weight is 383 g/mol. The van der Waals surface area contributed by atoms with Crippen LogP contribution in [0.4, 0.5) is 5.69 Å². The second kappa shape index (κ2) is 8.33. The Bertz CT molecular complexity index is 781. The Balaban J connectivity index is 2.16. The first-order valence-electron chi connectivity index (χ1n) is 7.19. The Labute approximate surface area is 156 Å². The van der Waals surface area contributed by atoms with Crippen molar-refractivity contribution in [2.45, 2.75) is 13.3 Å². The van der Waals surface area contributed by atoms with Crippen molar-refractivity contribution in [2.75, 3.05) is 12.4 Å². The van der Waals surface area contributed by atoms with Gasteiger partial charge >= 0.3 is 0 Å². The van der Waals surface area contributed by atoms with E-state index in [0.29, 0.717) is 5.02 Å². The van der Waals surface area contributed by atoms with Crippen molar-refractivity contribution >= 4 is 52.1 Å². The summed E-state index contributed by atoms with van der Waals surface area (Å²) in [4.78, 5) is 12.4. The van der Waals surface area contributed by atoms with E-state index in [4.69, 9.17) is 40.2 Å². The predicted octanol–water partition coefficient (Wildman–Crippen LogP) is 4.69. The van der Waals surface area contributed by atoms with E-state index in [1.807, 2.05) is 31.2 Å². The largest absolute Gasteiger partial charge is 0.494 e. The molecule has 0 radical (unpaired) electrons. The van der Waals surface area contributed by atoms with Crippen molar-refractivity contribution in [1.82, 2.24) is 5.32 Å². The van der Waals surface area contributed by atoms with E-state index in [9.17, 15) is 4.79 Å². The van der Waals surface area contributed by atoms with Crippen molar-refractivity contribution in [1.29, 1.82) is 0 Å². The van der Waals surface area contributed by atoms with Gasteiger partial charge in [-0.1, -0.05) is 48.3 Å². The Kier molecular flexibility index (Phi) is 6.43. The molecule has 0 fully saturated rings. The molecule has 0 aliphatic rings. The van der Waals surface area contributed by atoms with Crippen LogP contribution in [0.25, 0.3) is 0 Å². The molecule has 7 heteroatoms. The summed E-state index contributed by atoms with van der Waals surface area (Å²) in [6.07, 6.45) is 0.845. The molecule has 1 amide bonds. The van der Waals surface area contributed by atoms with E-state index in [1.54, 1.807) is 0 Å². The third kappa shape index (κ3) is 4.38. The van der Waals surface area contributed by atoms with Crippen molar-refractivity contribution in [3.8, 4) is 5.75 Å². The van der Waals surface area contributed by atoms with Gasteiger partial charge in [0.1, 0.15) is 5.75 Å². The molecule has 0 saturated carbocycles. The standard InChI is InChI=1S/C17H16Cl2N2O2S/c1-3-10-6-4-5-7-14(10)20-17(24)21-16(22)12-8-11(18)9-13(19)15(12)23-2/h4-9H,3H2,1-2H3,(H2,20,21,22,24). The monoisotopic (exact) mass is 382 g/mol. The Morgan fingerprint density at radius 1 is 1.25 bits per heavy atom. The molecule has 0 heterocycles. The third-order valence-electron chi connectivity index (χ3n) is 3.33. The Morgan fingerprint density at radius 3 is 2.62 bits per heavy atom. The highest BCUT2D eigenvalue weighted by Crippen LogP contribution is 2.32. The number of carbonyl (C=O) groups excluding carboxylic acids is 1. The zero-order chi connectivity index (χ0) is 17.7. The maximum absolute atomic E-state index is 12.4. The lowest BCUT2D eigenvalue weighted by Gasteiger charge is -2.14. The number of carbonyl (C=O) groups is 1. The highest BCUT2D eigenvalue weighted by Gasteiger charge is 2.18.